The second-order valence-electron chi connectivity index (χ2n) is 4.64. The van der Waals surface area contributed by atoms with Crippen LogP contribution in [-0.4, -0.2) is 23.0 Å². The molecule has 0 aliphatic rings. The number of carbonyl (C=O) groups is 1. The molecule has 94 valence electrons. The molecular formula is C13H21N3O. The summed E-state index contributed by atoms with van der Waals surface area (Å²) < 4.78 is 0. The third-order valence-corrected chi connectivity index (χ3v) is 2.77. The van der Waals surface area contributed by atoms with Gasteiger partial charge in [0.25, 0.3) is 5.91 Å². The summed E-state index contributed by atoms with van der Waals surface area (Å²) in [5.74, 6) is -0.0600. The van der Waals surface area contributed by atoms with Crippen LogP contribution in [0.1, 0.15) is 44.5 Å². The monoisotopic (exact) mass is 235 g/mol. The number of nitrogens with one attached hydrogen (secondary N) is 2. The molecule has 0 radical (unpaired) electrons. The van der Waals surface area contributed by atoms with E-state index in [9.17, 15) is 4.79 Å². The molecule has 1 heterocycles. The maximum atomic E-state index is 12.1. The zero-order valence-electron chi connectivity index (χ0n) is 11.0. The number of rotatable bonds is 5. The van der Waals surface area contributed by atoms with Crippen LogP contribution in [0.2, 0.25) is 0 Å². The molecule has 17 heavy (non-hydrogen) atoms. The molecule has 1 aromatic heterocycles. The van der Waals surface area contributed by atoms with E-state index in [4.69, 9.17) is 0 Å². The summed E-state index contributed by atoms with van der Waals surface area (Å²) in [5.41, 5.74) is 1.23. The van der Waals surface area contributed by atoms with E-state index in [0.717, 1.165) is 18.7 Å². The molecule has 1 aromatic rings. The second-order valence-corrected chi connectivity index (χ2v) is 4.64. The van der Waals surface area contributed by atoms with Crippen LogP contribution < -0.4 is 10.6 Å². The topological polar surface area (TPSA) is 54.0 Å². The molecule has 0 aliphatic heterocycles. The Morgan fingerprint density at radius 2 is 2.12 bits per heavy atom. The van der Waals surface area contributed by atoms with Crippen molar-refractivity contribution in [2.24, 2.45) is 0 Å². The van der Waals surface area contributed by atoms with Gasteiger partial charge in [0.05, 0.1) is 17.4 Å². The molecular weight excluding hydrogens is 214 g/mol. The average molecular weight is 235 g/mol. The van der Waals surface area contributed by atoms with Gasteiger partial charge < -0.3 is 10.6 Å². The number of amides is 1. The predicted molar refractivity (Wildman–Crippen MR) is 70.2 cm³/mol. The van der Waals surface area contributed by atoms with Gasteiger partial charge in [-0.25, -0.2) is 0 Å². The SMILES string of the molecule is CCNc1cnccc1C(=O)NC(C)(C)CC. The van der Waals surface area contributed by atoms with Gasteiger partial charge in [0.2, 0.25) is 0 Å². The lowest BCUT2D eigenvalue weighted by Crippen LogP contribution is -2.43. The van der Waals surface area contributed by atoms with Crippen molar-refractivity contribution in [2.75, 3.05) is 11.9 Å². The Morgan fingerprint density at radius 3 is 2.71 bits per heavy atom. The fourth-order valence-corrected chi connectivity index (χ4v) is 1.39. The highest BCUT2D eigenvalue weighted by atomic mass is 16.1. The van der Waals surface area contributed by atoms with Crippen molar-refractivity contribution in [3.63, 3.8) is 0 Å². The lowest BCUT2D eigenvalue weighted by molar-refractivity contribution is 0.0912. The lowest BCUT2D eigenvalue weighted by atomic mass is 10.0. The van der Waals surface area contributed by atoms with E-state index >= 15 is 0 Å². The van der Waals surface area contributed by atoms with Gasteiger partial charge in [0, 0.05) is 18.3 Å². The summed E-state index contributed by atoms with van der Waals surface area (Å²) in [6.45, 7) is 8.84. The molecule has 0 saturated heterocycles. The summed E-state index contributed by atoms with van der Waals surface area (Å²) in [6.07, 6.45) is 4.20. The second kappa shape index (κ2) is 5.66. The minimum Gasteiger partial charge on any atom is -0.383 e. The number of pyridine rings is 1. The predicted octanol–water partition coefficient (Wildman–Crippen LogP) is 2.43. The van der Waals surface area contributed by atoms with Gasteiger partial charge in [-0.05, 0) is 33.3 Å². The van der Waals surface area contributed by atoms with Crippen LogP contribution in [0.3, 0.4) is 0 Å². The molecule has 0 bridgehead atoms. The Morgan fingerprint density at radius 1 is 1.41 bits per heavy atom. The molecule has 1 amide bonds. The van der Waals surface area contributed by atoms with Crippen molar-refractivity contribution in [2.45, 2.75) is 39.7 Å². The highest BCUT2D eigenvalue weighted by Crippen LogP contribution is 2.15. The molecule has 0 aliphatic carbocycles. The molecule has 0 saturated carbocycles. The van der Waals surface area contributed by atoms with Gasteiger partial charge in [0.1, 0.15) is 0 Å². The average Bonchev–Trinajstić information content (AvgIpc) is 2.29. The summed E-state index contributed by atoms with van der Waals surface area (Å²) in [4.78, 5) is 16.2. The van der Waals surface area contributed by atoms with Gasteiger partial charge in [-0.15, -0.1) is 0 Å². The minimum atomic E-state index is -0.191. The van der Waals surface area contributed by atoms with Crippen molar-refractivity contribution >= 4 is 11.6 Å². The largest absolute Gasteiger partial charge is 0.383 e. The number of aromatic nitrogens is 1. The van der Waals surface area contributed by atoms with Crippen LogP contribution in [0.4, 0.5) is 5.69 Å². The number of carbonyl (C=O) groups excluding carboxylic acids is 1. The van der Waals surface area contributed by atoms with Crippen molar-refractivity contribution in [1.29, 1.82) is 0 Å². The number of hydrogen-bond donors (Lipinski definition) is 2. The highest BCUT2D eigenvalue weighted by molar-refractivity contribution is 5.99. The number of nitrogens with zero attached hydrogens (tertiary/aromatic N) is 1. The maximum Gasteiger partial charge on any atom is 0.253 e. The van der Waals surface area contributed by atoms with Crippen LogP contribution in [0.25, 0.3) is 0 Å². The first-order valence-electron chi connectivity index (χ1n) is 6.00. The normalized spacial score (nSPS) is 11.1. The van der Waals surface area contributed by atoms with Crippen LogP contribution in [0.5, 0.6) is 0 Å². The van der Waals surface area contributed by atoms with E-state index in [1.54, 1.807) is 18.5 Å². The van der Waals surface area contributed by atoms with Crippen LogP contribution >= 0.6 is 0 Å². The third kappa shape index (κ3) is 3.73. The number of anilines is 1. The third-order valence-electron chi connectivity index (χ3n) is 2.77. The van der Waals surface area contributed by atoms with E-state index < -0.39 is 0 Å². The molecule has 1 rings (SSSR count). The van der Waals surface area contributed by atoms with Crippen molar-refractivity contribution in [3.05, 3.63) is 24.0 Å². The summed E-state index contributed by atoms with van der Waals surface area (Å²) >= 11 is 0. The van der Waals surface area contributed by atoms with Gasteiger partial charge in [-0.2, -0.15) is 0 Å². The number of hydrogen-bond acceptors (Lipinski definition) is 3. The molecule has 0 unspecified atom stereocenters. The Labute approximate surface area is 103 Å². The summed E-state index contributed by atoms with van der Waals surface area (Å²) in [5, 5.41) is 6.15. The molecule has 4 nitrogen and oxygen atoms in total. The van der Waals surface area contributed by atoms with E-state index in [2.05, 4.69) is 22.5 Å². The first-order chi connectivity index (χ1) is 8.00. The van der Waals surface area contributed by atoms with E-state index in [0.29, 0.717) is 5.56 Å². The van der Waals surface area contributed by atoms with Crippen molar-refractivity contribution in [1.82, 2.24) is 10.3 Å². The highest BCUT2D eigenvalue weighted by Gasteiger charge is 2.20. The molecule has 4 heteroatoms. The Kier molecular flexibility index (Phi) is 4.49. The minimum absolute atomic E-state index is 0.0600. The van der Waals surface area contributed by atoms with E-state index in [1.165, 1.54) is 0 Å². The first-order valence-corrected chi connectivity index (χ1v) is 6.00. The first kappa shape index (κ1) is 13.5. The van der Waals surface area contributed by atoms with Crippen LogP contribution in [-0.2, 0) is 0 Å². The molecule has 0 atom stereocenters. The maximum absolute atomic E-state index is 12.1. The van der Waals surface area contributed by atoms with Gasteiger partial charge in [-0.1, -0.05) is 6.92 Å². The van der Waals surface area contributed by atoms with E-state index in [-0.39, 0.29) is 11.4 Å². The lowest BCUT2D eigenvalue weighted by Gasteiger charge is -2.25. The van der Waals surface area contributed by atoms with Gasteiger partial charge >= 0.3 is 0 Å². The van der Waals surface area contributed by atoms with Gasteiger partial charge in [-0.3, -0.25) is 9.78 Å². The molecule has 0 aromatic carbocycles. The van der Waals surface area contributed by atoms with Crippen LogP contribution in [0.15, 0.2) is 18.5 Å². The van der Waals surface area contributed by atoms with Gasteiger partial charge in [0.15, 0.2) is 0 Å². The Hall–Kier alpha value is -1.58. The summed E-state index contributed by atoms with van der Waals surface area (Å²) in [7, 11) is 0. The standard InChI is InChI=1S/C13H21N3O/c1-5-13(3,4)16-12(17)10-7-8-14-9-11(10)15-6-2/h7-9,15H,5-6H2,1-4H3,(H,16,17). The fourth-order valence-electron chi connectivity index (χ4n) is 1.39. The molecule has 0 spiro atoms. The van der Waals surface area contributed by atoms with E-state index in [1.807, 2.05) is 20.8 Å². The molecule has 2 N–H and O–H groups in total. The van der Waals surface area contributed by atoms with Crippen molar-refractivity contribution < 1.29 is 4.79 Å². The quantitative estimate of drug-likeness (QED) is 0.824. The molecule has 0 fully saturated rings. The zero-order chi connectivity index (χ0) is 12.9. The smallest absolute Gasteiger partial charge is 0.253 e. The summed E-state index contributed by atoms with van der Waals surface area (Å²) in [6, 6.07) is 1.74. The van der Waals surface area contributed by atoms with Crippen molar-refractivity contribution in [3.8, 4) is 0 Å². The zero-order valence-corrected chi connectivity index (χ0v) is 11.0. The fraction of sp³-hybridized carbons (Fsp3) is 0.538. The Balaban J connectivity index is 2.88. The van der Waals surface area contributed by atoms with Crippen LogP contribution in [0, 0.1) is 0 Å². The Bertz CT molecular complexity index is 388.